The first-order chi connectivity index (χ1) is 17.5. The molecule has 0 radical (unpaired) electrons. The van der Waals surface area contributed by atoms with Crippen LogP contribution in [0.15, 0.2) is 48.0 Å². The number of hydrogen-bond acceptors (Lipinski definition) is 6. The predicted molar refractivity (Wildman–Crippen MR) is 149 cm³/mol. The molecule has 0 fully saturated rings. The molecule has 0 bridgehead atoms. The van der Waals surface area contributed by atoms with Crippen molar-refractivity contribution in [2.24, 2.45) is 0 Å². The Kier molecular flexibility index (Phi) is 8.63. The third-order valence-electron chi connectivity index (χ3n) is 5.74. The SMILES string of the molecule is CCOc1cc(/C=C(\C#N)C(=O)Nc2sc3c(c2C#N)CCCC3)cc(I)c1OCc1ccccc1. The fourth-order valence-corrected chi connectivity index (χ4v) is 6.08. The molecule has 0 saturated carbocycles. The molecular formula is C28H24IN3O3S. The predicted octanol–water partition coefficient (Wildman–Crippen LogP) is 6.63. The van der Waals surface area contributed by atoms with Crippen molar-refractivity contribution >= 4 is 50.9 Å². The molecule has 3 aromatic rings. The molecule has 1 aromatic heterocycles. The lowest BCUT2D eigenvalue weighted by Gasteiger charge is -2.15. The van der Waals surface area contributed by atoms with Crippen molar-refractivity contribution in [3.05, 3.63) is 78.7 Å². The van der Waals surface area contributed by atoms with E-state index in [0.29, 0.717) is 40.8 Å². The minimum atomic E-state index is -0.537. The number of nitrogens with one attached hydrogen (secondary N) is 1. The molecule has 0 atom stereocenters. The first-order valence-electron chi connectivity index (χ1n) is 11.6. The zero-order valence-corrected chi connectivity index (χ0v) is 22.7. The van der Waals surface area contributed by atoms with Gasteiger partial charge in [0.25, 0.3) is 5.91 Å². The van der Waals surface area contributed by atoms with Gasteiger partial charge in [0.15, 0.2) is 11.5 Å². The number of anilines is 1. The van der Waals surface area contributed by atoms with Gasteiger partial charge in [0.2, 0.25) is 0 Å². The quantitative estimate of drug-likeness (QED) is 0.176. The van der Waals surface area contributed by atoms with Crippen LogP contribution in [0.25, 0.3) is 6.08 Å². The summed E-state index contributed by atoms with van der Waals surface area (Å²) in [6.07, 6.45) is 5.42. The zero-order chi connectivity index (χ0) is 25.5. The largest absolute Gasteiger partial charge is 0.490 e. The van der Waals surface area contributed by atoms with Crippen molar-refractivity contribution in [1.29, 1.82) is 10.5 Å². The maximum absolute atomic E-state index is 13.0. The lowest BCUT2D eigenvalue weighted by Crippen LogP contribution is -2.13. The van der Waals surface area contributed by atoms with Gasteiger partial charge in [-0.3, -0.25) is 4.79 Å². The fraction of sp³-hybridized carbons (Fsp3) is 0.250. The summed E-state index contributed by atoms with van der Waals surface area (Å²) in [5.74, 6) is 0.621. The van der Waals surface area contributed by atoms with E-state index in [1.165, 1.54) is 17.4 Å². The monoisotopic (exact) mass is 609 g/mol. The summed E-state index contributed by atoms with van der Waals surface area (Å²) in [5.41, 5.74) is 3.19. The molecule has 1 aliphatic carbocycles. The van der Waals surface area contributed by atoms with Crippen molar-refractivity contribution in [3.63, 3.8) is 0 Å². The van der Waals surface area contributed by atoms with Gasteiger partial charge in [0, 0.05) is 4.88 Å². The van der Waals surface area contributed by atoms with Gasteiger partial charge in [-0.2, -0.15) is 10.5 Å². The number of thiophene rings is 1. The number of carbonyl (C=O) groups excluding carboxylic acids is 1. The third kappa shape index (κ3) is 5.89. The first-order valence-corrected chi connectivity index (χ1v) is 13.5. The molecule has 0 unspecified atom stereocenters. The zero-order valence-electron chi connectivity index (χ0n) is 19.8. The van der Waals surface area contributed by atoms with E-state index in [0.717, 1.165) is 45.3 Å². The molecule has 8 heteroatoms. The molecule has 0 spiro atoms. The summed E-state index contributed by atoms with van der Waals surface area (Å²) < 4.78 is 12.7. The summed E-state index contributed by atoms with van der Waals surface area (Å²) in [5, 5.41) is 22.7. The normalized spacial score (nSPS) is 12.7. The second-order valence-corrected chi connectivity index (χ2v) is 10.5. The van der Waals surface area contributed by atoms with E-state index in [2.05, 4.69) is 34.0 Å². The van der Waals surface area contributed by atoms with Crippen LogP contribution in [-0.4, -0.2) is 12.5 Å². The van der Waals surface area contributed by atoms with E-state index in [1.54, 1.807) is 6.07 Å². The summed E-state index contributed by atoms with van der Waals surface area (Å²) in [7, 11) is 0. The third-order valence-corrected chi connectivity index (χ3v) is 7.75. The Morgan fingerprint density at radius 2 is 1.94 bits per heavy atom. The second kappa shape index (κ2) is 12.1. The topological polar surface area (TPSA) is 95.1 Å². The van der Waals surface area contributed by atoms with Gasteiger partial charge in [-0.15, -0.1) is 11.3 Å². The van der Waals surface area contributed by atoms with Gasteiger partial charge < -0.3 is 14.8 Å². The highest BCUT2D eigenvalue weighted by Crippen LogP contribution is 2.38. The van der Waals surface area contributed by atoms with E-state index in [4.69, 9.17) is 9.47 Å². The smallest absolute Gasteiger partial charge is 0.266 e. The number of nitriles is 2. The van der Waals surface area contributed by atoms with Crippen LogP contribution in [0.1, 0.15) is 46.9 Å². The molecule has 1 aliphatic rings. The molecule has 182 valence electrons. The number of amides is 1. The van der Waals surface area contributed by atoms with Gasteiger partial charge in [0.1, 0.15) is 29.3 Å². The van der Waals surface area contributed by atoms with E-state index in [9.17, 15) is 15.3 Å². The first kappa shape index (κ1) is 25.7. The van der Waals surface area contributed by atoms with E-state index in [-0.39, 0.29) is 5.57 Å². The Morgan fingerprint density at radius 1 is 1.17 bits per heavy atom. The van der Waals surface area contributed by atoms with Crippen LogP contribution >= 0.6 is 33.9 Å². The van der Waals surface area contributed by atoms with Crippen molar-refractivity contribution in [2.75, 3.05) is 11.9 Å². The number of halogens is 1. The summed E-state index contributed by atoms with van der Waals surface area (Å²) >= 11 is 3.60. The Balaban J connectivity index is 1.58. The molecule has 0 saturated heterocycles. The van der Waals surface area contributed by atoms with Gasteiger partial charge >= 0.3 is 0 Å². The van der Waals surface area contributed by atoms with Gasteiger partial charge in [0.05, 0.1) is 15.7 Å². The number of hydrogen-bond donors (Lipinski definition) is 1. The average Bonchev–Trinajstić information content (AvgIpc) is 3.24. The number of nitrogens with zero attached hydrogens (tertiary/aromatic N) is 2. The molecule has 6 nitrogen and oxygen atoms in total. The maximum Gasteiger partial charge on any atom is 0.266 e. The van der Waals surface area contributed by atoms with E-state index in [1.807, 2.05) is 49.4 Å². The number of rotatable bonds is 8. The number of aryl methyl sites for hydroxylation is 1. The van der Waals surface area contributed by atoms with Crippen LogP contribution in [-0.2, 0) is 24.2 Å². The highest BCUT2D eigenvalue weighted by atomic mass is 127. The minimum Gasteiger partial charge on any atom is -0.490 e. The molecular weight excluding hydrogens is 585 g/mol. The summed E-state index contributed by atoms with van der Waals surface area (Å²) in [6, 6.07) is 17.7. The second-order valence-electron chi connectivity index (χ2n) is 8.19. The van der Waals surface area contributed by atoms with Crippen LogP contribution in [0.3, 0.4) is 0 Å². The van der Waals surface area contributed by atoms with Crippen molar-refractivity contribution in [2.45, 2.75) is 39.2 Å². The number of ether oxygens (including phenoxy) is 2. The molecule has 1 N–H and O–H groups in total. The van der Waals surface area contributed by atoms with E-state index < -0.39 is 5.91 Å². The number of benzene rings is 2. The molecule has 4 rings (SSSR count). The molecule has 1 amide bonds. The van der Waals surface area contributed by atoms with Crippen LogP contribution in [0.2, 0.25) is 0 Å². The molecule has 36 heavy (non-hydrogen) atoms. The van der Waals surface area contributed by atoms with Crippen molar-refractivity contribution < 1.29 is 14.3 Å². The van der Waals surface area contributed by atoms with Crippen LogP contribution in [0.5, 0.6) is 11.5 Å². The molecule has 1 heterocycles. The van der Waals surface area contributed by atoms with Gasteiger partial charge in [-0.05, 0) is 90.1 Å². The maximum atomic E-state index is 13.0. The van der Waals surface area contributed by atoms with Crippen LogP contribution in [0.4, 0.5) is 5.00 Å². The molecule has 0 aliphatic heterocycles. The van der Waals surface area contributed by atoms with Gasteiger partial charge in [-0.25, -0.2) is 0 Å². The Hall–Kier alpha value is -3.34. The standard InChI is InChI=1S/C28H24IN3O3S/c1-2-34-24-14-19(13-23(29)26(24)35-17-18-8-4-3-5-9-18)12-20(15-30)27(33)32-28-22(16-31)21-10-6-7-11-25(21)36-28/h3-5,8-9,12-14H,2,6-7,10-11,17H2,1H3,(H,32,33)/b20-12+. The minimum absolute atomic E-state index is 0.0542. The highest BCUT2D eigenvalue weighted by Gasteiger charge is 2.23. The lowest BCUT2D eigenvalue weighted by atomic mass is 9.96. The van der Waals surface area contributed by atoms with Crippen LogP contribution < -0.4 is 14.8 Å². The average molecular weight is 609 g/mol. The van der Waals surface area contributed by atoms with E-state index >= 15 is 0 Å². The lowest BCUT2D eigenvalue weighted by molar-refractivity contribution is -0.112. The summed E-state index contributed by atoms with van der Waals surface area (Å²) in [6.45, 7) is 2.72. The molecule has 2 aromatic carbocycles. The Morgan fingerprint density at radius 3 is 2.67 bits per heavy atom. The Labute approximate surface area is 228 Å². The highest BCUT2D eigenvalue weighted by molar-refractivity contribution is 14.1. The Bertz CT molecular complexity index is 1380. The van der Waals surface area contributed by atoms with Crippen molar-refractivity contribution in [3.8, 4) is 23.6 Å². The number of fused-ring (bicyclic) bond motifs is 1. The summed E-state index contributed by atoms with van der Waals surface area (Å²) in [4.78, 5) is 14.1. The van der Waals surface area contributed by atoms with Crippen molar-refractivity contribution in [1.82, 2.24) is 0 Å². The number of carbonyl (C=O) groups is 1. The van der Waals surface area contributed by atoms with Crippen LogP contribution in [0, 0.1) is 26.2 Å². The van der Waals surface area contributed by atoms with Gasteiger partial charge in [-0.1, -0.05) is 30.3 Å². The fourth-order valence-electron chi connectivity index (χ4n) is 4.06.